The molecule has 0 atom stereocenters. The van der Waals surface area contributed by atoms with Crippen molar-refractivity contribution in [3.05, 3.63) is 29.7 Å². The number of hydrogen-bond acceptors (Lipinski definition) is 4. The molecule has 0 bridgehead atoms. The third-order valence-corrected chi connectivity index (χ3v) is 3.24. The van der Waals surface area contributed by atoms with Crippen LogP contribution in [0.3, 0.4) is 0 Å². The Bertz CT molecular complexity index is 549. The molecule has 0 saturated carbocycles. The first-order valence-corrected chi connectivity index (χ1v) is 7.25. The van der Waals surface area contributed by atoms with Crippen molar-refractivity contribution in [2.45, 2.75) is 46.5 Å². The van der Waals surface area contributed by atoms with E-state index in [1.165, 1.54) is 19.3 Å². The summed E-state index contributed by atoms with van der Waals surface area (Å²) in [4.78, 5) is 4.27. The molecule has 4 heteroatoms. The van der Waals surface area contributed by atoms with Crippen LogP contribution in [0.25, 0.3) is 11.4 Å². The molecule has 0 amide bonds. The second-order valence-electron chi connectivity index (χ2n) is 5.02. The number of benzene rings is 1. The lowest BCUT2D eigenvalue weighted by atomic mass is 10.1. The van der Waals surface area contributed by atoms with Crippen LogP contribution in [0.2, 0.25) is 0 Å². The molecule has 20 heavy (non-hydrogen) atoms. The summed E-state index contributed by atoms with van der Waals surface area (Å²) in [6.45, 7) is 6.79. The highest BCUT2D eigenvalue weighted by Gasteiger charge is 2.10. The lowest BCUT2D eigenvalue weighted by Gasteiger charge is -2.08. The number of ether oxygens (including phenoxy) is 1. The van der Waals surface area contributed by atoms with Crippen molar-refractivity contribution in [1.82, 2.24) is 10.1 Å². The first-order valence-electron chi connectivity index (χ1n) is 7.25. The Morgan fingerprint density at radius 2 is 2.00 bits per heavy atom. The van der Waals surface area contributed by atoms with Gasteiger partial charge in [0.15, 0.2) is 0 Å². The first kappa shape index (κ1) is 14.6. The maximum atomic E-state index is 5.79. The van der Waals surface area contributed by atoms with Crippen molar-refractivity contribution in [3.63, 3.8) is 0 Å². The minimum Gasteiger partial charge on any atom is -0.494 e. The van der Waals surface area contributed by atoms with Gasteiger partial charge >= 0.3 is 0 Å². The second kappa shape index (κ2) is 7.08. The van der Waals surface area contributed by atoms with Gasteiger partial charge in [0.05, 0.1) is 6.61 Å². The summed E-state index contributed by atoms with van der Waals surface area (Å²) >= 11 is 0. The molecule has 0 aliphatic carbocycles. The molecule has 0 aliphatic heterocycles. The highest BCUT2D eigenvalue weighted by Crippen LogP contribution is 2.25. The summed E-state index contributed by atoms with van der Waals surface area (Å²) < 4.78 is 10.8. The van der Waals surface area contributed by atoms with Crippen LogP contribution in [-0.2, 0) is 0 Å². The average molecular weight is 274 g/mol. The number of rotatable bonds is 7. The zero-order chi connectivity index (χ0) is 14.4. The van der Waals surface area contributed by atoms with Crippen LogP contribution in [-0.4, -0.2) is 16.7 Å². The van der Waals surface area contributed by atoms with Gasteiger partial charge in [0.2, 0.25) is 11.7 Å². The Kier molecular flexibility index (Phi) is 5.16. The van der Waals surface area contributed by atoms with Gasteiger partial charge in [0, 0.05) is 12.5 Å². The SMILES string of the molecule is CCCCCCOc1ccc(C)c(-c2noc(C)n2)c1. The van der Waals surface area contributed by atoms with Crippen LogP contribution in [0.5, 0.6) is 5.75 Å². The van der Waals surface area contributed by atoms with E-state index in [-0.39, 0.29) is 0 Å². The Labute approximate surface area is 120 Å². The van der Waals surface area contributed by atoms with Crippen LogP contribution in [0.1, 0.15) is 44.1 Å². The molecular formula is C16H22N2O2. The smallest absolute Gasteiger partial charge is 0.223 e. The van der Waals surface area contributed by atoms with E-state index in [4.69, 9.17) is 9.26 Å². The molecule has 0 aliphatic rings. The monoisotopic (exact) mass is 274 g/mol. The molecule has 0 N–H and O–H groups in total. The van der Waals surface area contributed by atoms with Gasteiger partial charge in [-0.05, 0) is 31.0 Å². The molecule has 1 aromatic heterocycles. The van der Waals surface area contributed by atoms with Crippen molar-refractivity contribution in [3.8, 4) is 17.1 Å². The van der Waals surface area contributed by atoms with Crippen molar-refractivity contribution in [2.24, 2.45) is 0 Å². The minimum atomic E-state index is 0.574. The van der Waals surface area contributed by atoms with E-state index < -0.39 is 0 Å². The van der Waals surface area contributed by atoms with Crippen LogP contribution >= 0.6 is 0 Å². The predicted molar refractivity (Wildman–Crippen MR) is 78.8 cm³/mol. The van der Waals surface area contributed by atoms with Crippen LogP contribution in [0.4, 0.5) is 0 Å². The number of aryl methyl sites for hydroxylation is 2. The highest BCUT2D eigenvalue weighted by molar-refractivity contribution is 5.61. The van der Waals surface area contributed by atoms with E-state index in [2.05, 4.69) is 17.1 Å². The number of nitrogens with zero attached hydrogens (tertiary/aromatic N) is 2. The molecule has 108 valence electrons. The summed E-state index contributed by atoms with van der Waals surface area (Å²) in [5.41, 5.74) is 2.08. The molecule has 0 spiro atoms. The Balaban J connectivity index is 2.01. The maximum absolute atomic E-state index is 5.79. The lowest BCUT2D eigenvalue weighted by molar-refractivity contribution is 0.305. The largest absolute Gasteiger partial charge is 0.494 e. The lowest BCUT2D eigenvalue weighted by Crippen LogP contribution is -1.98. The maximum Gasteiger partial charge on any atom is 0.223 e. The summed E-state index contributed by atoms with van der Waals surface area (Å²) in [5, 5.41) is 3.97. The summed E-state index contributed by atoms with van der Waals surface area (Å²) in [7, 11) is 0. The topological polar surface area (TPSA) is 48.2 Å². The molecule has 0 radical (unpaired) electrons. The van der Waals surface area contributed by atoms with Crippen molar-refractivity contribution in [1.29, 1.82) is 0 Å². The molecule has 2 aromatic rings. The van der Waals surface area contributed by atoms with E-state index in [9.17, 15) is 0 Å². The number of hydrogen-bond donors (Lipinski definition) is 0. The van der Waals surface area contributed by atoms with Crippen molar-refractivity contribution >= 4 is 0 Å². The fraction of sp³-hybridized carbons (Fsp3) is 0.500. The molecular weight excluding hydrogens is 252 g/mol. The van der Waals surface area contributed by atoms with E-state index in [0.29, 0.717) is 11.7 Å². The van der Waals surface area contributed by atoms with Crippen molar-refractivity contribution in [2.75, 3.05) is 6.61 Å². The molecule has 0 unspecified atom stereocenters. The average Bonchev–Trinajstić information content (AvgIpc) is 2.87. The zero-order valence-electron chi connectivity index (χ0n) is 12.5. The van der Waals surface area contributed by atoms with E-state index in [1.807, 2.05) is 25.1 Å². The Morgan fingerprint density at radius 1 is 1.15 bits per heavy atom. The third-order valence-electron chi connectivity index (χ3n) is 3.24. The van der Waals surface area contributed by atoms with Crippen LogP contribution in [0.15, 0.2) is 22.7 Å². The molecule has 0 saturated heterocycles. The zero-order valence-corrected chi connectivity index (χ0v) is 12.5. The van der Waals surface area contributed by atoms with Gasteiger partial charge in [-0.3, -0.25) is 0 Å². The van der Waals surface area contributed by atoms with Crippen LogP contribution < -0.4 is 4.74 Å². The molecule has 0 fully saturated rings. The van der Waals surface area contributed by atoms with Gasteiger partial charge in [-0.2, -0.15) is 4.98 Å². The molecule has 4 nitrogen and oxygen atoms in total. The predicted octanol–water partition coefficient (Wildman–Crippen LogP) is 4.31. The Hall–Kier alpha value is -1.84. The van der Waals surface area contributed by atoms with Crippen LogP contribution in [0, 0.1) is 13.8 Å². The summed E-state index contributed by atoms with van der Waals surface area (Å²) in [6.07, 6.45) is 4.83. The first-order chi connectivity index (χ1) is 9.70. The molecule has 1 heterocycles. The van der Waals surface area contributed by atoms with Gasteiger partial charge in [0.1, 0.15) is 5.75 Å². The quantitative estimate of drug-likeness (QED) is 0.706. The highest BCUT2D eigenvalue weighted by atomic mass is 16.5. The fourth-order valence-electron chi connectivity index (χ4n) is 2.06. The van der Waals surface area contributed by atoms with Gasteiger partial charge < -0.3 is 9.26 Å². The van der Waals surface area contributed by atoms with E-state index >= 15 is 0 Å². The van der Waals surface area contributed by atoms with Gasteiger partial charge in [0.25, 0.3) is 0 Å². The normalized spacial score (nSPS) is 10.8. The van der Waals surface area contributed by atoms with Gasteiger partial charge in [-0.15, -0.1) is 0 Å². The number of unbranched alkanes of at least 4 members (excludes halogenated alkanes) is 3. The number of aromatic nitrogens is 2. The van der Waals surface area contributed by atoms with E-state index in [0.717, 1.165) is 29.9 Å². The molecule has 2 rings (SSSR count). The standard InChI is InChI=1S/C16H22N2O2/c1-4-5-6-7-10-19-14-9-8-12(2)15(11-14)16-17-13(3)20-18-16/h8-9,11H,4-7,10H2,1-3H3. The third kappa shape index (κ3) is 3.83. The minimum absolute atomic E-state index is 0.574. The molecule has 1 aromatic carbocycles. The summed E-state index contributed by atoms with van der Waals surface area (Å²) in [5.74, 6) is 2.06. The van der Waals surface area contributed by atoms with Gasteiger partial charge in [-0.1, -0.05) is 37.4 Å². The van der Waals surface area contributed by atoms with Crippen molar-refractivity contribution < 1.29 is 9.26 Å². The fourth-order valence-corrected chi connectivity index (χ4v) is 2.06. The van der Waals surface area contributed by atoms with E-state index in [1.54, 1.807) is 6.92 Å². The van der Waals surface area contributed by atoms with Gasteiger partial charge in [-0.25, -0.2) is 0 Å². The second-order valence-corrected chi connectivity index (χ2v) is 5.02. The Morgan fingerprint density at radius 3 is 2.70 bits per heavy atom. The summed E-state index contributed by atoms with van der Waals surface area (Å²) in [6, 6.07) is 6.01.